The van der Waals surface area contributed by atoms with Gasteiger partial charge in [-0.3, -0.25) is 5.32 Å². The number of hydrogen-bond donors (Lipinski definition) is 2. The van der Waals surface area contributed by atoms with Gasteiger partial charge in [0.15, 0.2) is 5.01 Å². The first kappa shape index (κ1) is 17.5. The maximum absolute atomic E-state index is 11.9. The number of aromatic nitrogens is 2. The first-order valence-corrected chi connectivity index (χ1v) is 8.70. The maximum Gasteiger partial charge on any atom is 0.325 e. The van der Waals surface area contributed by atoms with Crippen LogP contribution in [0.5, 0.6) is 5.75 Å². The van der Waals surface area contributed by atoms with E-state index < -0.39 is 6.03 Å². The maximum atomic E-state index is 11.9. The molecule has 0 spiro atoms. The van der Waals surface area contributed by atoms with Crippen molar-refractivity contribution in [2.75, 3.05) is 10.6 Å². The predicted molar refractivity (Wildman–Crippen MR) is 99.8 cm³/mol. The second kappa shape index (κ2) is 8.15. The van der Waals surface area contributed by atoms with Gasteiger partial charge in [-0.25, -0.2) is 4.79 Å². The number of anilines is 2. The van der Waals surface area contributed by atoms with E-state index in [1.165, 1.54) is 11.3 Å². The van der Waals surface area contributed by atoms with E-state index in [0.29, 0.717) is 31.6 Å². The van der Waals surface area contributed by atoms with E-state index in [-0.39, 0.29) is 6.61 Å². The first-order chi connectivity index (χ1) is 12.1. The van der Waals surface area contributed by atoms with Crippen molar-refractivity contribution in [1.82, 2.24) is 10.2 Å². The molecule has 1 aromatic heterocycles. The summed E-state index contributed by atoms with van der Waals surface area (Å²) >= 11 is 12.8. The number of benzene rings is 2. The summed E-state index contributed by atoms with van der Waals surface area (Å²) in [6, 6.07) is 13.4. The molecule has 0 bridgehead atoms. The molecule has 0 saturated carbocycles. The Morgan fingerprint density at radius 2 is 1.60 bits per heavy atom. The van der Waals surface area contributed by atoms with E-state index in [1.807, 2.05) is 0 Å². The van der Waals surface area contributed by atoms with Crippen LogP contribution in [-0.2, 0) is 6.61 Å². The number of carbonyl (C=O) groups excluding carboxylic acids is 1. The number of amides is 2. The number of halogens is 2. The average molecular weight is 395 g/mol. The number of nitrogens with one attached hydrogen (secondary N) is 2. The highest BCUT2D eigenvalue weighted by Gasteiger charge is 2.09. The molecule has 2 N–H and O–H groups in total. The molecule has 2 aromatic carbocycles. The third-order valence-electron chi connectivity index (χ3n) is 2.97. The fraction of sp³-hybridized carbons (Fsp3) is 0.0625. The molecule has 3 rings (SSSR count). The molecule has 128 valence electrons. The van der Waals surface area contributed by atoms with Gasteiger partial charge in [0.05, 0.1) is 0 Å². The molecule has 25 heavy (non-hydrogen) atoms. The molecular weight excluding hydrogens is 383 g/mol. The van der Waals surface area contributed by atoms with Gasteiger partial charge in [0.25, 0.3) is 0 Å². The van der Waals surface area contributed by atoms with Crippen molar-refractivity contribution in [2.24, 2.45) is 0 Å². The summed E-state index contributed by atoms with van der Waals surface area (Å²) in [5.74, 6) is 0.676. The molecule has 9 heteroatoms. The lowest BCUT2D eigenvalue weighted by Gasteiger charge is -2.04. The molecule has 0 radical (unpaired) electrons. The van der Waals surface area contributed by atoms with Crippen molar-refractivity contribution in [3.8, 4) is 5.75 Å². The minimum atomic E-state index is -0.413. The largest absolute Gasteiger partial charge is 0.486 e. The highest BCUT2D eigenvalue weighted by atomic mass is 35.5. The molecule has 3 aromatic rings. The standard InChI is InChI=1S/C16H12Cl2N4O2S/c17-10-1-5-12(6-2-10)19-15(23)20-16-22-21-14(25-16)9-24-13-7-3-11(18)4-8-13/h1-8H,9H2,(H2,19,20,22,23). The summed E-state index contributed by atoms with van der Waals surface area (Å²) in [4.78, 5) is 11.9. The van der Waals surface area contributed by atoms with Crippen molar-refractivity contribution in [1.29, 1.82) is 0 Å². The van der Waals surface area contributed by atoms with Gasteiger partial charge in [-0.2, -0.15) is 0 Å². The summed E-state index contributed by atoms with van der Waals surface area (Å²) in [5, 5.41) is 15.4. The Labute approximate surface area is 157 Å². The lowest BCUT2D eigenvalue weighted by atomic mass is 10.3. The van der Waals surface area contributed by atoms with Crippen LogP contribution >= 0.6 is 34.5 Å². The Morgan fingerprint density at radius 3 is 2.28 bits per heavy atom. The van der Waals surface area contributed by atoms with E-state index in [9.17, 15) is 4.79 Å². The lowest BCUT2D eigenvalue weighted by Crippen LogP contribution is -2.19. The predicted octanol–water partition coefficient (Wildman–Crippen LogP) is 5.07. The summed E-state index contributed by atoms with van der Waals surface area (Å²) < 4.78 is 5.58. The second-order valence-corrected chi connectivity index (χ2v) is 6.76. The Bertz CT molecular complexity index is 853. The monoisotopic (exact) mass is 394 g/mol. The quantitative estimate of drug-likeness (QED) is 0.633. The topological polar surface area (TPSA) is 76.1 Å². The third kappa shape index (κ3) is 5.32. The van der Waals surface area contributed by atoms with Gasteiger partial charge >= 0.3 is 6.03 Å². The fourth-order valence-electron chi connectivity index (χ4n) is 1.83. The molecule has 6 nitrogen and oxygen atoms in total. The normalized spacial score (nSPS) is 10.3. The Hall–Kier alpha value is -2.35. The first-order valence-electron chi connectivity index (χ1n) is 7.13. The zero-order chi connectivity index (χ0) is 17.6. The summed E-state index contributed by atoms with van der Waals surface area (Å²) in [5.41, 5.74) is 0.623. The van der Waals surface area contributed by atoms with Crippen LogP contribution in [0.1, 0.15) is 5.01 Å². The van der Waals surface area contributed by atoms with Crippen LogP contribution in [-0.4, -0.2) is 16.2 Å². The van der Waals surface area contributed by atoms with Crippen molar-refractivity contribution in [3.05, 3.63) is 63.6 Å². The van der Waals surface area contributed by atoms with Crippen molar-refractivity contribution < 1.29 is 9.53 Å². The van der Waals surface area contributed by atoms with Crippen LogP contribution in [0.2, 0.25) is 10.0 Å². The zero-order valence-corrected chi connectivity index (χ0v) is 15.0. The SMILES string of the molecule is O=C(Nc1ccc(Cl)cc1)Nc1nnc(COc2ccc(Cl)cc2)s1. The van der Waals surface area contributed by atoms with Crippen molar-refractivity contribution in [2.45, 2.75) is 6.61 Å². The second-order valence-electron chi connectivity index (χ2n) is 4.83. The molecule has 0 aliphatic carbocycles. The molecule has 0 aliphatic rings. The van der Waals surface area contributed by atoms with Crippen LogP contribution in [0.4, 0.5) is 15.6 Å². The highest BCUT2D eigenvalue weighted by molar-refractivity contribution is 7.15. The van der Waals surface area contributed by atoms with Gasteiger partial charge in [-0.15, -0.1) is 10.2 Å². The van der Waals surface area contributed by atoms with Crippen LogP contribution in [0, 0.1) is 0 Å². The van der Waals surface area contributed by atoms with E-state index in [1.54, 1.807) is 48.5 Å². The molecular formula is C16H12Cl2N4O2S. The number of rotatable bonds is 5. The fourth-order valence-corrected chi connectivity index (χ4v) is 2.73. The van der Waals surface area contributed by atoms with E-state index in [2.05, 4.69) is 20.8 Å². The summed E-state index contributed by atoms with van der Waals surface area (Å²) in [7, 11) is 0. The zero-order valence-electron chi connectivity index (χ0n) is 12.7. The molecule has 0 unspecified atom stereocenters. The lowest BCUT2D eigenvalue weighted by molar-refractivity contribution is 0.262. The van der Waals surface area contributed by atoms with Gasteiger partial charge in [-0.1, -0.05) is 34.5 Å². The molecule has 0 fully saturated rings. The van der Waals surface area contributed by atoms with Gasteiger partial charge in [0.1, 0.15) is 12.4 Å². The Morgan fingerprint density at radius 1 is 0.960 bits per heavy atom. The Balaban J connectivity index is 1.51. The number of hydrogen-bond acceptors (Lipinski definition) is 5. The number of carbonyl (C=O) groups is 1. The van der Waals surface area contributed by atoms with Crippen LogP contribution < -0.4 is 15.4 Å². The average Bonchev–Trinajstić information content (AvgIpc) is 3.04. The van der Waals surface area contributed by atoms with Crippen molar-refractivity contribution >= 4 is 51.4 Å². The minimum absolute atomic E-state index is 0.250. The molecule has 1 heterocycles. The van der Waals surface area contributed by atoms with Crippen LogP contribution in [0.25, 0.3) is 0 Å². The van der Waals surface area contributed by atoms with Gasteiger partial charge in [0, 0.05) is 15.7 Å². The summed E-state index contributed by atoms with van der Waals surface area (Å²) in [6.07, 6.45) is 0. The van der Waals surface area contributed by atoms with Crippen LogP contribution in [0.15, 0.2) is 48.5 Å². The van der Waals surface area contributed by atoms with Crippen molar-refractivity contribution in [3.63, 3.8) is 0 Å². The van der Waals surface area contributed by atoms with E-state index >= 15 is 0 Å². The molecule has 0 saturated heterocycles. The minimum Gasteiger partial charge on any atom is -0.486 e. The molecule has 2 amide bonds. The van der Waals surface area contributed by atoms with E-state index in [0.717, 1.165) is 0 Å². The van der Waals surface area contributed by atoms with Gasteiger partial charge < -0.3 is 10.1 Å². The van der Waals surface area contributed by atoms with E-state index in [4.69, 9.17) is 27.9 Å². The highest BCUT2D eigenvalue weighted by Crippen LogP contribution is 2.20. The Kier molecular flexibility index (Phi) is 5.70. The molecule has 0 aliphatic heterocycles. The third-order valence-corrected chi connectivity index (χ3v) is 4.28. The number of urea groups is 1. The number of ether oxygens (including phenoxy) is 1. The van der Waals surface area contributed by atoms with Gasteiger partial charge in [0.2, 0.25) is 5.13 Å². The van der Waals surface area contributed by atoms with Crippen LogP contribution in [0.3, 0.4) is 0 Å². The smallest absolute Gasteiger partial charge is 0.325 e. The summed E-state index contributed by atoms with van der Waals surface area (Å²) in [6.45, 7) is 0.250. The van der Waals surface area contributed by atoms with Gasteiger partial charge in [-0.05, 0) is 48.5 Å². The molecule has 0 atom stereocenters. The number of nitrogens with zero attached hydrogens (tertiary/aromatic N) is 2.